The molecule has 11 rings (SSSR count). The van der Waals surface area contributed by atoms with Crippen LogP contribution < -0.4 is 56.9 Å². The number of hydrogen-bond donors (Lipinski definition) is 3. The molecule has 0 saturated carbocycles. The summed E-state index contributed by atoms with van der Waals surface area (Å²) in [6.07, 6.45) is -9.48. The molecule has 0 aliphatic rings. The van der Waals surface area contributed by atoms with Gasteiger partial charge in [0.05, 0.1) is 28.4 Å². The third kappa shape index (κ3) is 29.2. The minimum absolute atomic E-state index is 0. The second kappa shape index (κ2) is 41.6. The number of aromatic nitrogens is 4. The second-order valence-electron chi connectivity index (χ2n) is 22.9. The molecule has 23 heteroatoms. The maximum absolute atomic E-state index is 12.4. The number of hydrogen-bond acceptors (Lipinski definition) is 8. The Morgan fingerprint density at radius 1 is 0.379 bits per heavy atom. The van der Waals surface area contributed by atoms with Gasteiger partial charge in [-0.15, -0.1) is 0 Å². The van der Waals surface area contributed by atoms with E-state index < -0.39 is 61.0 Å². The molecule has 3 radical (unpaired) electrons. The van der Waals surface area contributed by atoms with Crippen molar-refractivity contribution in [3.63, 3.8) is 0 Å². The van der Waals surface area contributed by atoms with Crippen LogP contribution in [0.3, 0.4) is 0 Å². The number of rotatable bonds is 15. The van der Waals surface area contributed by atoms with Gasteiger partial charge in [0, 0.05) is 99.3 Å². The van der Waals surface area contributed by atoms with Crippen LogP contribution >= 0.6 is 7.92 Å². The van der Waals surface area contributed by atoms with Gasteiger partial charge in [-0.25, -0.2) is 0 Å². The average Bonchev–Trinajstić information content (AvgIpc) is 0.823. The van der Waals surface area contributed by atoms with Crippen molar-refractivity contribution in [2.24, 2.45) is 11.5 Å². The summed E-state index contributed by atoms with van der Waals surface area (Å²) in [5.41, 5.74) is 18.1. The molecule has 0 aliphatic heterocycles. The van der Waals surface area contributed by atoms with Crippen molar-refractivity contribution in [1.29, 1.82) is 0 Å². The van der Waals surface area contributed by atoms with E-state index in [1.54, 1.807) is 49.8 Å². The number of aliphatic hydroxyl groups excluding tert-OH is 1. The molecule has 11 aromatic rings. The van der Waals surface area contributed by atoms with Crippen LogP contribution in [-0.4, -0.2) is 39.2 Å². The fraction of sp³-hybridized carbons (Fsp3) is 0.212. The number of pyridine rings is 4. The number of carbonyl (C=O) groups excluding carboxylic acids is 1. The molecule has 0 saturated heterocycles. The zero-order valence-electron chi connectivity index (χ0n) is 56.7. The number of carbonyl (C=O) groups is 1. The number of ketones is 1. The molecule has 5 N–H and O–H groups in total. The number of benzene rings is 7. The quantitative estimate of drug-likeness (QED) is 0.0399. The van der Waals surface area contributed by atoms with Gasteiger partial charge in [0.2, 0.25) is 0 Å². The number of Topliss-reactive ketones (excluding diaryl/α,β-unsaturated/α-hetero) is 1. The first-order valence-electron chi connectivity index (χ1n) is 31.0. The van der Waals surface area contributed by atoms with Crippen molar-refractivity contribution in [3.8, 4) is 0 Å². The molecule has 3 unspecified atom stereocenters. The number of nitrogens with two attached hydrogens (primary N) is 2. The van der Waals surface area contributed by atoms with E-state index in [1.807, 2.05) is 38.1 Å². The summed E-state index contributed by atoms with van der Waals surface area (Å²) in [6.45, 7) is 6.83. The van der Waals surface area contributed by atoms with E-state index >= 15 is 0 Å². The van der Waals surface area contributed by atoms with E-state index in [9.17, 15) is 62.6 Å². The van der Waals surface area contributed by atoms with Crippen LogP contribution in [0.25, 0.3) is 0 Å². The molecule has 7 aromatic carbocycles. The topological polar surface area (TPSA) is 141 Å². The fourth-order valence-electron chi connectivity index (χ4n) is 9.41. The number of aliphatic hydroxyl groups is 1. The van der Waals surface area contributed by atoms with Gasteiger partial charge < -0.3 is 18.0 Å². The van der Waals surface area contributed by atoms with E-state index in [0.29, 0.717) is 42.5 Å². The van der Waals surface area contributed by atoms with E-state index in [2.05, 4.69) is 111 Å². The summed E-state index contributed by atoms with van der Waals surface area (Å²) >= 11 is 0. The Kier molecular flexibility index (Phi) is 35.8. The van der Waals surface area contributed by atoms with Crippen molar-refractivity contribution in [2.45, 2.75) is 111 Å². The summed E-state index contributed by atoms with van der Waals surface area (Å²) < 4.78 is 149. The van der Waals surface area contributed by atoms with Crippen molar-refractivity contribution in [2.75, 3.05) is 0 Å². The first-order chi connectivity index (χ1) is 46.9. The molecule has 4 aromatic heterocycles. The predicted octanol–water partition coefficient (Wildman–Crippen LogP) is 16.5. The van der Waals surface area contributed by atoms with Crippen LogP contribution in [0.15, 0.2) is 261 Å². The molecule has 0 bridgehead atoms. The molecule has 4 heterocycles. The van der Waals surface area contributed by atoms with Gasteiger partial charge in [-0.3, -0.25) is 24.7 Å². The van der Waals surface area contributed by atoms with Gasteiger partial charge in [0.15, 0.2) is 5.78 Å². The minimum Gasteiger partial charge on any atom is -1.00 e. The van der Waals surface area contributed by atoms with Gasteiger partial charge in [0.1, 0.15) is 0 Å². The van der Waals surface area contributed by atoms with Crippen molar-refractivity contribution in [1.82, 2.24) is 19.9 Å². The third-order valence-corrected chi connectivity index (χ3v) is 17.5. The molecular formula is C80H80BF12N6NaO2P. The Morgan fingerprint density at radius 2 is 0.612 bits per heavy atom. The van der Waals surface area contributed by atoms with Gasteiger partial charge in [-0.1, -0.05) is 173 Å². The van der Waals surface area contributed by atoms with Crippen LogP contribution in [0.4, 0.5) is 52.7 Å². The van der Waals surface area contributed by atoms with Crippen molar-refractivity contribution < 1.29 is 93.6 Å². The van der Waals surface area contributed by atoms with E-state index in [0.717, 1.165) is 99.0 Å². The number of nitrogens with zero attached hydrogens (tertiary/aromatic N) is 4. The monoisotopic (exact) mass is 1450 g/mol. The van der Waals surface area contributed by atoms with E-state index in [4.69, 9.17) is 11.5 Å². The fourth-order valence-corrected chi connectivity index (χ4v) is 11.7. The average molecular weight is 1450 g/mol. The first-order valence-corrected chi connectivity index (χ1v) is 32.3. The SMILES string of the molecule is C.C.CC(=O)c1ccc(Cc2ccc(C(F)(F)F)cc2)nc1.CC(N)c1ccc(Cc2ccc(C(F)(F)F)cc2)nc1.CC(N)c1ccc(Cc2ccc(C(F)(F)F)cc2)nc1.CC(O)c1ccc(Cc2ccc(C(F)(F)F)cc2)nc1.[B].[H-].[Na+].c1ccc(P(c2ccccc2)c2ccccc2)cc1. The largest absolute Gasteiger partial charge is 1.00 e. The van der Waals surface area contributed by atoms with Crippen LogP contribution in [0.2, 0.25) is 0 Å². The summed E-state index contributed by atoms with van der Waals surface area (Å²) in [7, 11) is -0.446. The maximum atomic E-state index is 12.4. The molecule has 0 aliphatic carbocycles. The minimum atomic E-state index is -4.32. The van der Waals surface area contributed by atoms with Gasteiger partial charge in [0.25, 0.3) is 0 Å². The summed E-state index contributed by atoms with van der Waals surface area (Å²) in [6, 6.07) is 66.8. The van der Waals surface area contributed by atoms with E-state index in [1.165, 1.54) is 77.6 Å². The molecule has 535 valence electrons. The predicted molar refractivity (Wildman–Crippen MR) is 385 cm³/mol. The van der Waals surface area contributed by atoms with Gasteiger partial charge in [-0.2, -0.15) is 52.7 Å². The zero-order valence-corrected chi connectivity index (χ0v) is 58.6. The Hall–Kier alpha value is -8.66. The van der Waals surface area contributed by atoms with Crippen LogP contribution in [0.1, 0.15) is 156 Å². The summed E-state index contributed by atoms with van der Waals surface area (Å²) in [4.78, 5) is 27.9. The van der Waals surface area contributed by atoms with Gasteiger partial charge >= 0.3 is 54.3 Å². The second-order valence-corrected chi connectivity index (χ2v) is 25.1. The summed E-state index contributed by atoms with van der Waals surface area (Å²) in [5, 5.41) is 13.6. The molecule has 0 fully saturated rings. The van der Waals surface area contributed by atoms with E-state index in [-0.39, 0.29) is 72.1 Å². The Bertz CT molecular complexity index is 3860. The number of alkyl halides is 12. The number of halogens is 12. The van der Waals surface area contributed by atoms with Crippen LogP contribution in [-0.2, 0) is 50.4 Å². The molecule has 0 spiro atoms. The van der Waals surface area contributed by atoms with Crippen molar-refractivity contribution in [3.05, 3.63) is 351 Å². The molecule has 103 heavy (non-hydrogen) atoms. The Morgan fingerprint density at radius 3 is 0.796 bits per heavy atom. The van der Waals surface area contributed by atoms with Gasteiger partial charge in [-0.05, 0) is 169 Å². The smallest absolute Gasteiger partial charge is 1.00 e. The molecular weight excluding hydrogens is 1370 g/mol. The van der Waals surface area contributed by atoms with Crippen LogP contribution in [0.5, 0.6) is 0 Å². The molecule has 3 atom stereocenters. The van der Waals surface area contributed by atoms with Crippen molar-refractivity contribution >= 4 is 38.0 Å². The Labute approximate surface area is 621 Å². The maximum Gasteiger partial charge on any atom is 1.00 e. The molecule has 0 amide bonds. The van der Waals surface area contributed by atoms with Crippen LogP contribution in [0, 0.1) is 0 Å². The third-order valence-electron chi connectivity index (χ3n) is 15.0. The standard InChI is InChI=1S/C18H15P.2C15H15F3N2.C15H14F3NO.C15H12F3NO.2CH4.B.Na.H/c1-4-10-16(11-5-1)19(17-12-6-2-7-13-17)18-14-8-3-9-15-18;2*1-10(19)12-4-7-14(20-9-12)8-11-2-5-13(6-3-11)15(16,17)18;2*1-10(20)12-4-7-14(19-9-12)8-11-2-5-13(6-3-11)15(16,17)18;;;;;/h1-15H;2*2-7,9-10H,8,19H2,1H3;2-7,9-10,20H,8H2,1H3;2-7,9H,8H2,1H3;2*1H4;;;/q;;;;;;;;+1;-1. The molecule has 8 nitrogen and oxygen atoms in total. The zero-order chi connectivity index (χ0) is 71.9. The summed E-state index contributed by atoms with van der Waals surface area (Å²) in [5.74, 6) is -0.0708. The first kappa shape index (κ1) is 88.6. The Balaban J connectivity index is 0.000000436. The normalized spacial score (nSPS) is 11.9.